The van der Waals surface area contributed by atoms with E-state index < -0.39 is 23.8 Å². The summed E-state index contributed by atoms with van der Waals surface area (Å²) in [5.41, 5.74) is 1.31. The Kier molecular flexibility index (Phi) is 3.88. The predicted octanol–water partition coefficient (Wildman–Crippen LogP) is 0.609. The standard InChI is InChI=1S/C15H16N2O4/c1-4-8(2)7-10-9(3)14(20)17(15(10)21)11-5-6-12(18)16-13(11)19/h4,7,11H,1,5-6H2,2-3H3,(H,16,18,19)/b8-7-. The van der Waals surface area contributed by atoms with Crippen molar-refractivity contribution in [3.05, 3.63) is 35.5 Å². The van der Waals surface area contributed by atoms with Crippen molar-refractivity contribution in [3.8, 4) is 0 Å². The Morgan fingerprint density at radius 1 is 1.29 bits per heavy atom. The third-order valence-electron chi connectivity index (χ3n) is 3.61. The maximum atomic E-state index is 12.4. The number of carbonyl (C=O) groups excluding carboxylic acids is 4. The van der Waals surface area contributed by atoms with Crippen molar-refractivity contribution in [1.82, 2.24) is 10.2 Å². The molecule has 1 atom stereocenters. The molecule has 2 aliphatic rings. The second kappa shape index (κ2) is 5.47. The Bertz CT molecular complexity index is 628. The third-order valence-corrected chi connectivity index (χ3v) is 3.61. The SMILES string of the molecule is C=C/C(C)=C\C1=C(C)C(=O)N(C2CCC(=O)NC2=O)C1=O. The summed E-state index contributed by atoms with van der Waals surface area (Å²) < 4.78 is 0. The quantitative estimate of drug-likeness (QED) is 0.609. The summed E-state index contributed by atoms with van der Waals surface area (Å²) in [6.45, 7) is 6.91. The van der Waals surface area contributed by atoms with E-state index in [-0.39, 0.29) is 24.3 Å². The first-order valence-electron chi connectivity index (χ1n) is 6.60. The molecule has 4 amide bonds. The van der Waals surface area contributed by atoms with Crippen LogP contribution < -0.4 is 5.32 Å². The minimum Gasteiger partial charge on any atom is -0.295 e. The molecule has 1 fully saturated rings. The van der Waals surface area contributed by atoms with Crippen LogP contribution in [0.2, 0.25) is 0 Å². The number of amides is 4. The molecule has 0 radical (unpaired) electrons. The highest BCUT2D eigenvalue weighted by Gasteiger charge is 2.43. The van der Waals surface area contributed by atoms with E-state index in [2.05, 4.69) is 11.9 Å². The first kappa shape index (κ1) is 14.9. The summed E-state index contributed by atoms with van der Waals surface area (Å²) in [6, 6.07) is -0.924. The second-order valence-corrected chi connectivity index (χ2v) is 5.08. The van der Waals surface area contributed by atoms with Crippen LogP contribution in [0, 0.1) is 0 Å². The predicted molar refractivity (Wildman–Crippen MR) is 74.7 cm³/mol. The van der Waals surface area contributed by atoms with Crippen molar-refractivity contribution < 1.29 is 19.2 Å². The van der Waals surface area contributed by atoms with Gasteiger partial charge in [0.1, 0.15) is 6.04 Å². The van der Waals surface area contributed by atoms with Crippen LogP contribution in [0.5, 0.6) is 0 Å². The molecule has 0 aromatic carbocycles. The lowest BCUT2D eigenvalue weighted by molar-refractivity contribution is -0.150. The van der Waals surface area contributed by atoms with E-state index in [9.17, 15) is 19.2 Å². The molecule has 2 heterocycles. The van der Waals surface area contributed by atoms with Crippen molar-refractivity contribution in [2.45, 2.75) is 32.7 Å². The zero-order valence-electron chi connectivity index (χ0n) is 11.9. The average Bonchev–Trinajstić information content (AvgIpc) is 2.64. The fourth-order valence-electron chi connectivity index (χ4n) is 2.35. The van der Waals surface area contributed by atoms with Crippen molar-refractivity contribution >= 4 is 23.6 Å². The smallest absolute Gasteiger partial charge is 0.261 e. The summed E-state index contributed by atoms with van der Waals surface area (Å²) in [5, 5.41) is 2.15. The molecule has 0 aliphatic carbocycles. The van der Waals surface area contributed by atoms with E-state index in [1.165, 1.54) is 0 Å². The molecule has 0 aromatic rings. The van der Waals surface area contributed by atoms with Gasteiger partial charge in [-0.2, -0.15) is 0 Å². The van der Waals surface area contributed by atoms with Crippen LogP contribution in [0.15, 0.2) is 35.5 Å². The number of hydrogen-bond donors (Lipinski definition) is 1. The van der Waals surface area contributed by atoms with Gasteiger partial charge in [0.25, 0.3) is 11.8 Å². The van der Waals surface area contributed by atoms with Crippen LogP contribution in [0.1, 0.15) is 26.7 Å². The zero-order valence-corrected chi connectivity index (χ0v) is 11.9. The van der Waals surface area contributed by atoms with Gasteiger partial charge in [0, 0.05) is 17.6 Å². The number of imide groups is 2. The molecule has 1 unspecified atom stereocenters. The monoisotopic (exact) mass is 288 g/mol. The molecule has 0 spiro atoms. The second-order valence-electron chi connectivity index (χ2n) is 5.08. The molecule has 1 N–H and O–H groups in total. The van der Waals surface area contributed by atoms with Crippen LogP contribution in [-0.2, 0) is 19.2 Å². The number of piperidine rings is 1. The van der Waals surface area contributed by atoms with E-state index in [0.717, 1.165) is 10.5 Å². The highest BCUT2D eigenvalue weighted by atomic mass is 16.2. The lowest BCUT2D eigenvalue weighted by atomic mass is 10.0. The summed E-state index contributed by atoms with van der Waals surface area (Å²) >= 11 is 0. The zero-order chi connectivity index (χ0) is 15.7. The van der Waals surface area contributed by atoms with Gasteiger partial charge in [-0.15, -0.1) is 0 Å². The van der Waals surface area contributed by atoms with Crippen LogP contribution >= 0.6 is 0 Å². The van der Waals surface area contributed by atoms with Crippen LogP contribution in [0.3, 0.4) is 0 Å². The van der Waals surface area contributed by atoms with Crippen molar-refractivity contribution in [3.63, 3.8) is 0 Å². The van der Waals surface area contributed by atoms with E-state index >= 15 is 0 Å². The molecule has 0 saturated carbocycles. The van der Waals surface area contributed by atoms with E-state index in [1.54, 1.807) is 26.0 Å². The molecule has 6 heteroatoms. The van der Waals surface area contributed by atoms with Crippen molar-refractivity contribution in [2.75, 3.05) is 0 Å². The molecular weight excluding hydrogens is 272 g/mol. The highest BCUT2D eigenvalue weighted by Crippen LogP contribution is 2.27. The van der Waals surface area contributed by atoms with Crippen LogP contribution in [-0.4, -0.2) is 34.6 Å². The molecule has 0 bridgehead atoms. The van der Waals surface area contributed by atoms with Crippen LogP contribution in [0.25, 0.3) is 0 Å². The van der Waals surface area contributed by atoms with Gasteiger partial charge in [-0.3, -0.25) is 29.4 Å². The van der Waals surface area contributed by atoms with Gasteiger partial charge in [0.2, 0.25) is 11.8 Å². The average molecular weight is 288 g/mol. The maximum absolute atomic E-state index is 12.4. The van der Waals surface area contributed by atoms with Gasteiger partial charge in [-0.05, 0) is 26.3 Å². The first-order valence-corrected chi connectivity index (χ1v) is 6.60. The largest absolute Gasteiger partial charge is 0.295 e. The fraction of sp³-hybridized carbons (Fsp3) is 0.333. The molecule has 0 aromatic heterocycles. The van der Waals surface area contributed by atoms with Crippen molar-refractivity contribution in [2.24, 2.45) is 0 Å². The fourth-order valence-corrected chi connectivity index (χ4v) is 2.35. The van der Waals surface area contributed by atoms with Gasteiger partial charge in [0.05, 0.1) is 0 Å². The van der Waals surface area contributed by atoms with Crippen LogP contribution in [0.4, 0.5) is 0 Å². The maximum Gasteiger partial charge on any atom is 0.261 e. The lowest BCUT2D eigenvalue weighted by Gasteiger charge is -2.28. The van der Waals surface area contributed by atoms with Gasteiger partial charge in [0.15, 0.2) is 0 Å². The topological polar surface area (TPSA) is 83.6 Å². The number of nitrogens with zero attached hydrogens (tertiary/aromatic N) is 1. The number of hydrogen-bond acceptors (Lipinski definition) is 4. The lowest BCUT2D eigenvalue weighted by Crippen LogP contribution is -2.54. The third kappa shape index (κ3) is 2.56. The highest BCUT2D eigenvalue weighted by molar-refractivity contribution is 6.22. The Morgan fingerprint density at radius 2 is 1.95 bits per heavy atom. The van der Waals surface area contributed by atoms with Gasteiger partial charge < -0.3 is 0 Å². The minimum atomic E-state index is -0.924. The van der Waals surface area contributed by atoms with Gasteiger partial charge >= 0.3 is 0 Å². The summed E-state index contributed by atoms with van der Waals surface area (Å²) in [7, 11) is 0. The molecule has 21 heavy (non-hydrogen) atoms. The van der Waals surface area contributed by atoms with Gasteiger partial charge in [-0.1, -0.05) is 18.2 Å². The Labute approximate surface area is 122 Å². The van der Waals surface area contributed by atoms with E-state index in [4.69, 9.17) is 0 Å². The summed E-state index contributed by atoms with van der Waals surface area (Å²) in [5.74, 6) is -1.99. The normalized spacial score (nSPS) is 23.8. The Morgan fingerprint density at radius 3 is 2.52 bits per heavy atom. The first-order chi connectivity index (χ1) is 9.86. The molecule has 6 nitrogen and oxygen atoms in total. The number of carbonyl (C=O) groups is 4. The summed E-state index contributed by atoms with van der Waals surface area (Å²) in [6.07, 6.45) is 3.43. The van der Waals surface area contributed by atoms with Gasteiger partial charge in [-0.25, -0.2) is 0 Å². The van der Waals surface area contributed by atoms with Crippen molar-refractivity contribution in [1.29, 1.82) is 0 Å². The number of allylic oxidation sites excluding steroid dienone is 2. The molecule has 2 aliphatic heterocycles. The summed E-state index contributed by atoms with van der Waals surface area (Å²) in [4.78, 5) is 48.6. The number of nitrogens with one attached hydrogen (secondary N) is 1. The molecule has 110 valence electrons. The Balaban J connectivity index is 2.32. The Hall–Kier alpha value is -2.50. The molecular formula is C15H16N2O4. The number of rotatable bonds is 3. The van der Waals surface area contributed by atoms with E-state index in [1.807, 2.05) is 0 Å². The molecule has 2 rings (SSSR count). The molecule has 1 saturated heterocycles. The minimum absolute atomic E-state index is 0.114. The van der Waals surface area contributed by atoms with E-state index in [0.29, 0.717) is 5.57 Å².